The predicted octanol–water partition coefficient (Wildman–Crippen LogP) is 3.21. The van der Waals surface area contributed by atoms with Crippen molar-refractivity contribution >= 4 is 61.9 Å². The Bertz CT molecular complexity index is 1930. The lowest BCUT2D eigenvalue weighted by Gasteiger charge is -2.44. The van der Waals surface area contributed by atoms with E-state index in [-0.39, 0.29) is 45.4 Å². The minimum absolute atomic E-state index is 0.0731. The van der Waals surface area contributed by atoms with Crippen molar-refractivity contribution in [1.82, 2.24) is 29.7 Å². The van der Waals surface area contributed by atoms with Crippen LogP contribution in [0.1, 0.15) is 50.8 Å². The van der Waals surface area contributed by atoms with E-state index in [1.165, 1.54) is 12.1 Å². The van der Waals surface area contributed by atoms with Crippen LogP contribution in [0.3, 0.4) is 0 Å². The predicted molar refractivity (Wildman–Crippen MR) is 207 cm³/mol. The van der Waals surface area contributed by atoms with Crippen molar-refractivity contribution in [2.24, 2.45) is 11.5 Å². The number of ether oxygens (including phenoxy) is 1. The number of amides is 2. The van der Waals surface area contributed by atoms with E-state index in [4.69, 9.17) is 44.8 Å². The summed E-state index contributed by atoms with van der Waals surface area (Å²) in [5.41, 5.74) is 12.0. The van der Waals surface area contributed by atoms with Gasteiger partial charge in [0.05, 0.1) is 16.6 Å². The lowest BCUT2D eigenvalue weighted by atomic mass is 9.98. The van der Waals surface area contributed by atoms with Crippen molar-refractivity contribution in [3.05, 3.63) is 63.8 Å². The number of hydrogen-bond acceptors (Lipinski definition) is 9. The molecule has 2 aliphatic rings. The zero-order valence-electron chi connectivity index (χ0n) is 30.3. The summed E-state index contributed by atoms with van der Waals surface area (Å²) in [4.78, 5) is 36.7. The highest BCUT2D eigenvalue weighted by atomic mass is 35.5. The van der Waals surface area contributed by atoms with Gasteiger partial charge in [0.15, 0.2) is 5.96 Å². The number of sulfonamides is 1. The Morgan fingerprint density at radius 2 is 1.74 bits per heavy atom. The lowest BCUT2D eigenvalue weighted by molar-refractivity contribution is -0.139. The number of aryl methyl sites for hydroxylation is 1. The number of halogens is 2. The Labute approximate surface area is 321 Å². The van der Waals surface area contributed by atoms with Gasteiger partial charge in [-0.15, -0.1) is 0 Å². The molecule has 2 aliphatic heterocycles. The molecule has 0 unspecified atom stereocenters. The fourth-order valence-electron chi connectivity index (χ4n) is 6.84. The van der Waals surface area contributed by atoms with Crippen molar-refractivity contribution < 1.29 is 22.7 Å². The van der Waals surface area contributed by atoms with Gasteiger partial charge in [0, 0.05) is 73.5 Å². The molecule has 0 radical (unpaired) electrons. The number of nitrogens with zero attached hydrogens (tertiary/aromatic N) is 4. The van der Waals surface area contributed by atoms with Crippen molar-refractivity contribution in [3.63, 3.8) is 0 Å². The number of aromatic nitrogens is 1. The molecule has 17 heteroatoms. The van der Waals surface area contributed by atoms with E-state index in [1.54, 1.807) is 29.7 Å². The number of carbonyl (C=O) groups is 2. The number of hydrogen-bond donors (Lipinski definition) is 5. The van der Waals surface area contributed by atoms with E-state index in [0.29, 0.717) is 70.0 Å². The molecule has 0 spiro atoms. The number of likely N-dealkylation sites (tertiary alicyclic amines) is 1. The second kappa shape index (κ2) is 17.2. The Morgan fingerprint density at radius 3 is 2.42 bits per heavy atom. The third kappa shape index (κ3) is 10.1. The van der Waals surface area contributed by atoms with Crippen LogP contribution in [-0.2, 0) is 26.2 Å². The van der Waals surface area contributed by atoms with E-state index < -0.39 is 21.6 Å². The Hall–Kier alpha value is -3.73. The van der Waals surface area contributed by atoms with Crippen LogP contribution in [0.4, 0.5) is 0 Å². The summed E-state index contributed by atoms with van der Waals surface area (Å²) in [7, 11) is -4.26. The van der Waals surface area contributed by atoms with E-state index in [0.717, 1.165) is 29.4 Å². The highest BCUT2D eigenvalue weighted by molar-refractivity contribution is 7.89. The molecule has 2 aromatic carbocycles. The number of pyridine rings is 1. The van der Waals surface area contributed by atoms with Crippen LogP contribution in [0.5, 0.6) is 5.75 Å². The molecule has 288 valence electrons. The van der Waals surface area contributed by atoms with Gasteiger partial charge in [-0.05, 0) is 82.9 Å². The molecular formula is C36H49Cl2N9O5S. The number of rotatable bonds is 13. The first-order chi connectivity index (χ1) is 25.1. The SMILES string of the molecule is Cc1ccc2cc(OCc3c(Cl)ccc(S(=O)(=O)NC(C)(C)C(=O)N4CCC(N5CCN(C(=O)[C@@H](N)CCCNC(=N)N)CC5)CC4)c3Cl)ccc2n1. The summed E-state index contributed by atoms with van der Waals surface area (Å²) in [6.07, 6.45) is 2.60. The molecule has 3 heterocycles. The summed E-state index contributed by atoms with van der Waals surface area (Å²) < 4.78 is 36.0. The molecular weight excluding hydrogens is 741 g/mol. The number of benzene rings is 2. The van der Waals surface area contributed by atoms with E-state index in [9.17, 15) is 18.0 Å². The van der Waals surface area contributed by atoms with Crippen LogP contribution in [-0.4, -0.2) is 109 Å². The molecule has 1 atom stereocenters. The zero-order chi connectivity index (χ0) is 38.5. The number of fused-ring (bicyclic) bond motifs is 1. The van der Waals surface area contributed by atoms with Gasteiger partial charge in [-0.25, -0.2) is 8.42 Å². The molecule has 0 bridgehead atoms. The molecule has 14 nitrogen and oxygen atoms in total. The van der Waals surface area contributed by atoms with E-state index in [2.05, 4.69) is 19.9 Å². The second-order valence-corrected chi connectivity index (χ2v) is 16.6. The number of piperidine rings is 1. The van der Waals surface area contributed by atoms with Crippen LogP contribution < -0.4 is 26.2 Å². The quantitative estimate of drug-likeness (QED) is 0.0974. The molecule has 0 aliphatic carbocycles. The standard InChI is InChI=1S/C36H49Cl2N9O5S/c1-23-6-7-24-21-26(8-10-30(24)43-23)52-22-27-28(37)9-11-31(32(27)38)53(50,51)44-36(2,3)34(49)47-15-12-25(13-16-47)45-17-19-46(20-18-45)33(48)29(39)5-4-14-42-35(40)41/h6-11,21,25,29,44H,4-5,12-20,22,39H2,1-3H3,(H4,40,41,42)/t29-/m0/s1. The van der Waals surface area contributed by atoms with Crippen LogP contribution >= 0.6 is 23.2 Å². The van der Waals surface area contributed by atoms with Gasteiger partial charge < -0.3 is 31.3 Å². The van der Waals surface area contributed by atoms with Gasteiger partial charge >= 0.3 is 0 Å². The van der Waals surface area contributed by atoms with Crippen LogP contribution in [0.25, 0.3) is 10.9 Å². The Kier molecular flexibility index (Phi) is 13.1. The molecule has 3 aromatic rings. The molecule has 7 N–H and O–H groups in total. The van der Waals surface area contributed by atoms with Crippen molar-refractivity contribution in [1.29, 1.82) is 5.41 Å². The number of guanidine groups is 1. The lowest BCUT2D eigenvalue weighted by Crippen LogP contribution is -2.60. The molecule has 53 heavy (non-hydrogen) atoms. The summed E-state index contributed by atoms with van der Waals surface area (Å²) >= 11 is 13.1. The largest absolute Gasteiger partial charge is 0.489 e. The third-order valence-electron chi connectivity index (χ3n) is 9.77. The molecule has 2 fully saturated rings. The normalized spacial score (nSPS) is 16.8. The van der Waals surface area contributed by atoms with Gasteiger partial charge in [0.25, 0.3) is 0 Å². The first-order valence-corrected chi connectivity index (χ1v) is 20.0. The summed E-state index contributed by atoms with van der Waals surface area (Å²) in [5.74, 6) is 0.0300. The van der Waals surface area contributed by atoms with Gasteiger partial charge in [-0.2, -0.15) is 4.72 Å². The summed E-state index contributed by atoms with van der Waals surface area (Å²) in [6, 6.07) is 11.7. The maximum Gasteiger partial charge on any atom is 0.243 e. The van der Waals surface area contributed by atoms with Gasteiger partial charge in [0.2, 0.25) is 21.8 Å². The first-order valence-electron chi connectivity index (χ1n) is 17.7. The summed E-state index contributed by atoms with van der Waals surface area (Å²) in [6.45, 7) is 8.94. The molecule has 2 saturated heterocycles. The maximum absolute atomic E-state index is 13.7. The highest BCUT2D eigenvalue weighted by Gasteiger charge is 2.39. The number of carbonyl (C=O) groups excluding carboxylic acids is 2. The number of piperazine rings is 1. The van der Waals surface area contributed by atoms with Crippen molar-refractivity contribution in [2.75, 3.05) is 45.8 Å². The van der Waals surface area contributed by atoms with Gasteiger partial charge in [0.1, 0.15) is 22.8 Å². The van der Waals surface area contributed by atoms with E-state index in [1.807, 2.05) is 31.2 Å². The van der Waals surface area contributed by atoms with Gasteiger partial charge in [-0.1, -0.05) is 29.3 Å². The minimum Gasteiger partial charge on any atom is -0.489 e. The average molecular weight is 791 g/mol. The zero-order valence-corrected chi connectivity index (χ0v) is 32.7. The molecule has 2 amide bonds. The summed E-state index contributed by atoms with van der Waals surface area (Å²) in [5, 5.41) is 11.0. The molecule has 1 aromatic heterocycles. The minimum atomic E-state index is -4.26. The molecule has 0 saturated carbocycles. The fourth-order valence-corrected chi connectivity index (χ4v) is 9.10. The molecule has 5 rings (SSSR count). The monoisotopic (exact) mass is 789 g/mol. The smallest absolute Gasteiger partial charge is 0.243 e. The number of nitrogens with one attached hydrogen (secondary N) is 3. The van der Waals surface area contributed by atoms with Gasteiger partial charge in [-0.3, -0.25) is 24.9 Å². The van der Waals surface area contributed by atoms with Crippen LogP contribution in [0.2, 0.25) is 10.0 Å². The topological polar surface area (TPSA) is 200 Å². The fraction of sp³-hybridized carbons (Fsp3) is 0.500. The Balaban J connectivity index is 1.13. The van der Waals surface area contributed by atoms with E-state index >= 15 is 0 Å². The maximum atomic E-state index is 13.7. The average Bonchev–Trinajstić information content (AvgIpc) is 3.12. The van der Waals surface area contributed by atoms with Crippen molar-refractivity contribution in [3.8, 4) is 5.75 Å². The number of nitrogens with two attached hydrogens (primary N) is 2. The second-order valence-electron chi connectivity index (χ2n) is 14.1. The van der Waals surface area contributed by atoms with Crippen molar-refractivity contribution in [2.45, 2.75) is 75.6 Å². The highest BCUT2D eigenvalue weighted by Crippen LogP contribution is 2.33. The first kappa shape index (κ1) is 40.5. The van der Waals surface area contributed by atoms with Crippen LogP contribution in [0, 0.1) is 12.3 Å². The van der Waals surface area contributed by atoms with Crippen LogP contribution in [0.15, 0.2) is 47.4 Å². The third-order valence-corrected chi connectivity index (χ3v) is 12.4. The Morgan fingerprint density at radius 1 is 1.04 bits per heavy atom.